The van der Waals surface area contributed by atoms with Gasteiger partial charge in [-0.15, -0.1) is 0 Å². The molecule has 0 atom stereocenters. The predicted molar refractivity (Wildman–Crippen MR) is 90.6 cm³/mol. The van der Waals surface area contributed by atoms with Gasteiger partial charge < -0.3 is 5.32 Å². The average molecular weight is 362 g/mol. The van der Waals surface area contributed by atoms with Crippen LogP contribution in [0.4, 0.5) is 13.2 Å². The van der Waals surface area contributed by atoms with Crippen molar-refractivity contribution >= 4 is 16.9 Å². The molecule has 0 aliphatic rings. The van der Waals surface area contributed by atoms with Crippen molar-refractivity contribution in [3.8, 4) is 0 Å². The maximum Gasteiger partial charge on any atom is 0.416 e. The second kappa shape index (κ2) is 6.44. The summed E-state index contributed by atoms with van der Waals surface area (Å²) in [6.07, 6.45) is -4.41. The van der Waals surface area contributed by atoms with E-state index in [1.807, 2.05) is 6.92 Å². The second-order valence-electron chi connectivity index (χ2n) is 6.08. The van der Waals surface area contributed by atoms with Crippen molar-refractivity contribution in [3.05, 3.63) is 58.4 Å². The van der Waals surface area contributed by atoms with E-state index in [1.165, 1.54) is 12.1 Å². The number of pyridine rings is 1. The normalized spacial score (nSPS) is 11.8. The van der Waals surface area contributed by atoms with Gasteiger partial charge in [-0.3, -0.25) is 9.48 Å². The van der Waals surface area contributed by atoms with Crippen LogP contribution in [0.25, 0.3) is 11.0 Å². The van der Waals surface area contributed by atoms with Gasteiger partial charge in [-0.1, -0.05) is 12.1 Å². The van der Waals surface area contributed by atoms with E-state index in [-0.39, 0.29) is 6.54 Å². The van der Waals surface area contributed by atoms with E-state index in [1.54, 1.807) is 24.7 Å². The Labute approximate surface area is 147 Å². The Morgan fingerprint density at radius 3 is 2.62 bits per heavy atom. The molecule has 2 heterocycles. The molecule has 3 aromatic rings. The number of aryl methyl sites for hydroxylation is 3. The Bertz CT molecular complexity index is 992. The summed E-state index contributed by atoms with van der Waals surface area (Å²) in [5, 5.41) is 7.69. The molecule has 0 aliphatic carbocycles. The zero-order chi connectivity index (χ0) is 19.1. The number of hydrogen-bond acceptors (Lipinski definition) is 3. The summed E-state index contributed by atoms with van der Waals surface area (Å²) in [7, 11) is 1.77. The fourth-order valence-electron chi connectivity index (χ4n) is 2.80. The van der Waals surface area contributed by atoms with Crippen molar-refractivity contribution in [1.82, 2.24) is 20.1 Å². The van der Waals surface area contributed by atoms with Gasteiger partial charge in [-0.05, 0) is 37.6 Å². The monoisotopic (exact) mass is 362 g/mol. The van der Waals surface area contributed by atoms with Crippen LogP contribution < -0.4 is 5.32 Å². The summed E-state index contributed by atoms with van der Waals surface area (Å²) < 4.78 is 39.9. The van der Waals surface area contributed by atoms with E-state index >= 15 is 0 Å². The van der Waals surface area contributed by atoms with Crippen molar-refractivity contribution in [3.63, 3.8) is 0 Å². The Balaban J connectivity index is 1.82. The molecule has 1 amide bonds. The number of nitrogens with one attached hydrogen (secondary N) is 1. The lowest BCUT2D eigenvalue weighted by Gasteiger charge is -2.10. The van der Waals surface area contributed by atoms with E-state index in [9.17, 15) is 18.0 Å². The standard InChI is InChI=1S/C18H17F3N4O/c1-10-15(8-14-11(2)24-25(3)16(14)23-10)17(26)22-9-12-5-4-6-13(7-12)18(19,20)21/h4-8H,9H2,1-3H3,(H,22,26). The number of aromatic nitrogens is 3. The number of carbonyl (C=O) groups is 1. The largest absolute Gasteiger partial charge is 0.416 e. The minimum absolute atomic E-state index is 0.00769. The smallest absolute Gasteiger partial charge is 0.348 e. The molecule has 136 valence electrons. The Morgan fingerprint density at radius 2 is 1.92 bits per heavy atom. The van der Waals surface area contributed by atoms with Crippen molar-refractivity contribution in [1.29, 1.82) is 0 Å². The van der Waals surface area contributed by atoms with Crippen LogP contribution in [0.5, 0.6) is 0 Å². The zero-order valence-corrected chi connectivity index (χ0v) is 14.5. The number of amides is 1. The lowest BCUT2D eigenvalue weighted by Crippen LogP contribution is -2.24. The van der Waals surface area contributed by atoms with Crippen LogP contribution in [0.15, 0.2) is 30.3 Å². The molecule has 0 aliphatic heterocycles. The predicted octanol–water partition coefficient (Wildman–Crippen LogP) is 3.53. The van der Waals surface area contributed by atoms with Gasteiger partial charge in [-0.25, -0.2) is 4.98 Å². The molecule has 0 spiro atoms. The minimum atomic E-state index is -4.41. The molecular weight excluding hydrogens is 345 g/mol. The summed E-state index contributed by atoms with van der Waals surface area (Å²) in [5.41, 5.74) is 1.96. The van der Waals surface area contributed by atoms with E-state index in [4.69, 9.17) is 0 Å². The summed E-state index contributed by atoms with van der Waals surface area (Å²) >= 11 is 0. The summed E-state index contributed by atoms with van der Waals surface area (Å²) in [5.74, 6) is -0.391. The van der Waals surface area contributed by atoms with Crippen molar-refractivity contribution in [2.45, 2.75) is 26.6 Å². The summed E-state index contributed by atoms with van der Waals surface area (Å²) in [6, 6.07) is 6.59. The third-order valence-electron chi connectivity index (χ3n) is 4.14. The first-order valence-corrected chi connectivity index (χ1v) is 7.92. The molecule has 2 aromatic heterocycles. The van der Waals surface area contributed by atoms with Crippen LogP contribution in [0.3, 0.4) is 0 Å². The quantitative estimate of drug-likeness (QED) is 0.775. The van der Waals surface area contributed by atoms with Gasteiger partial charge in [0.05, 0.1) is 22.5 Å². The highest BCUT2D eigenvalue weighted by molar-refractivity contribution is 5.98. The highest BCUT2D eigenvalue weighted by Gasteiger charge is 2.30. The number of alkyl halides is 3. The molecule has 0 saturated heterocycles. The maximum atomic E-state index is 12.8. The van der Waals surface area contributed by atoms with Crippen LogP contribution in [-0.2, 0) is 19.8 Å². The zero-order valence-electron chi connectivity index (χ0n) is 14.5. The van der Waals surface area contributed by atoms with Gasteiger partial charge in [0.25, 0.3) is 5.91 Å². The molecule has 1 aromatic carbocycles. The first-order valence-electron chi connectivity index (χ1n) is 7.92. The first kappa shape index (κ1) is 17.9. The molecule has 1 N–H and O–H groups in total. The third kappa shape index (κ3) is 3.40. The van der Waals surface area contributed by atoms with E-state index in [0.717, 1.165) is 23.2 Å². The third-order valence-corrected chi connectivity index (χ3v) is 4.14. The molecule has 26 heavy (non-hydrogen) atoms. The fourth-order valence-corrected chi connectivity index (χ4v) is 2.80. The molecule has 8 heteroatoms. The second-order valence-corrected chi connectivity index (χ2v) is 6.08. The van der Waals surface area contributed by atoms with Crippen molar-refractivity contribution < 1.29 is 18.0 Å². The molecule has 5 nitrogen and oxygen atoms in total. The van der Waals surface area contributed by atoms with Gasteiger partial charge in [0, 0.05) is 19.0 Å². The molecule has 0 saturated carbocycles. The molecule has 3 rings (SSSR count). The number of benzene rings is 1. The van der Waals surface area contributed by atoms with Gasteiger partial charge in [0.1, 0.15) is 0 Å². The Hall–Kier alpha value is -2.90. The Kier molecular flexibility index (Phi) is 4.43. The van der Waals surface area contributed by atoms with Crippen LogP contribution in [0, 0.1) is 13.8 Å². The maximum absolute atomic E-state index is 12.8. The Morgan fingerprint density at radius 1 is 1.19 bits per heavy atom. The van der Waals surface area contributed by atoms with Crippen LogP contribution in [0.2, 0.25) is 0 Å². The number of hydrogen-bond donors (Lipinski definition) is 1. The van der Waals surface area contributed by atoms with Crippen molar-refractivity contribution in [2.24, 2.45) is 7.05 Å². The molecular formula is C18H17F3N4O. The number of nitrogens with zero attached hydrogens (tertiary/aromatic N) is 3. The van der Waals surface area contributed by atoms with E-state index < -0.39 is 17.6 Å². The van der Waals surface area contributed by atoms with Gasteiger partial charge in [0.15, 0.2) is 5.65 Å². The summed E-state index contributed by atoms with van der Waals surface area (Å²) in [6.45, 7) is 3.52. The highest BCUT2D eigenvalue weighted by Crippen LogP contribution is 2.29. The van der Waals surface area contributed by atoms with Gasteiger partial charge in [-0.2, -0.15) is 18.3 Å². The lowest BCUT2D eigenvalue weighted by atomic mass is 10.1. The molecule has 0 bridgehead atoms. The number of fused-ring (bicyclic) bond motifs is 1. The molecule has 0 fully saturated rings. The van der Waals surface area contributed by atoms with Gasteiger partial charge in [0.2, 0.25) is 0 Å². The number of carbonyl (C=O) groups excluding carboxylic acids is 1. The first-order chi connectivity index (χ1) is 12.2. The number of rotatable bonds is 3. The topological polar surface area (TPSA) is 59.8 Å². The summed E-state index contributed by atoms with van der Waals surface area (Å²) in [4.78, 5) is 16.9. The van der Waals surface area contributed by atoms with Crippen molar-refractivity contribution in [2.75, 3.05) is 0 Å². The number of halogens is 3. The SMILES string of the molecule is Cc1nc2c(cc1C(=O)NCc1cccc(C(F)(F)F)c1)c(C)nn2C. The average Bonchev–Trinajstić information content (AvgIpc) is 2.85. The minimum Gasteiger partial charge on any atom is -0.348 e. The van der Waals surface area contributed by atoms with Gasteiger partial charge >= 0.3 is 6.18 Å². The fraction of sp³-hybridized carbons (Fsp3) is 0.278. The van der Waals surface area contributed by atoms with Crippen LogP contribution in [-0.4, -0.2) is 20.7 Å². The van der Waals surface area contributed by atoms with E-state index in [2.05, 4.69) is 15.4 Å². The van der Waals surface area contributed by atoms with E-state index in [0.29, 0.717) is 22.5 Å². The lowest BCUT2D eigenvalue weighted by molar-refractivity contribution is -0.137. The highest BCUT2D eigenvalue weighted by atomic mass is 19.4. The van der Waals surface area contributed by atoms with Crippen LogP contribution in [0.1, 0.15) is 32.9 Å². The molecule has 0 unspecified atom stereocenters. The van der Waals surface area contributed by atoms with Crippen LogP contribution >= 0.6 is 0 Å². The molecule has 0 radical (unpaired) electrons.